The number of halogens is 1. The van der Waals surface area contributed by atoms with Gasteiger partial charge in [0.1, 0.15) is 5.82 Å². The van der Waals surface area contributed by atoms with E-state index in [1.165, 1.54) is 43.5 Å². The van der Waals surface area contributed by atoms with Crippen molar-refractivity contribution in [3.05, 3.63) is 68.9 Å². The summed E-state index contributed by atoms with van der Waals surface area (Å²) in [5.74, 6) is 0.633. The fourth-order valence-electron chi connectivity index (χ4n) is 2.65. The van der Waals surface area contributed by atoms with E-state index >= 15 is 0 Å². The number of carbonyl (C=O) groups excluding carboxylic acids is 1. The minimum Gasteiger partial charge on any atom is -0.493 e. The Balaban J connectivity index is 1.87. The molecular formula is C19H17ClN4O5. The maximum absolute atomic E-state index is 12.5. The second-order valence-electron chi connectivity index (χ2n) is 6.09. The van der Waals surface area contributed by atoms with Gasteiger partial charge in [-0.05, 0) is 37.3 Å². The smallest absolute Gasteiger partial charge is 0.313 e. The Hall–Kier alpha value is -3.59. The van der Waals surface area contributed by atoms with Gasteiger partial charge in [-0.25, -0.2) is 0 Å². The highest BCUT2D eigenvalue weighted by Crippen LogP contribution is 2.38. The highest BCUT2D eigenvalue weighted by molar-refractivity contribution is 6.30. The number of nitrogens with zero attached hydrogens (tertiary/aromatic N) is 3. The summed E-state index contributed by atoms with van der Waals surface area (Å²) in [5, 5.41) is 18.4. The molecule has 150 valence electrons. The predicted octanol–water partition coefficient (Wildman–Crippen LogP) is 4.34. The molecule has 1 heterocycles. The molecule has 1 N–H and O–H groups in total. The summed E-state index contributed by atoms with van der Waals surface area (Å²) >= 11 is 5.82. The minimum absolute atomic E-state index is 0.000242. The molecule has 9 nitrogen and oxygen atoms in total. The lowest BCUT2D eigenvalue weighted by Gasteiger charge is -2.12. The zero-order valence-corrected chi connectivity index (χ0v) is 16.6. The lowest BCUT2D eigenvalue weighted by atomic mass is 10.2. The molecule has 3 aromatic rings. The summed E-state index contributed by atoms with van der Waals surface area (Å²) in [6, 6.07) is 10.3. The van der Waals surface area contributed by atoms with E-state index in [4.69, 9.17) is 21.1 Å². The van der Waals surface area contributed by atoms with Gasteiger partial charge in [0, 0.05) is 29.8 Å². The van der Waals surface area contributed by atoms with Gasteiger partial charge in [-0.1, -0.05) is 11.6 Å². The zero-order valence-electron chi connectivity index (χ0n) is 15.8. The van der Waals surface area contributed by atoms with E-state index in [1.807, 2.05) is 6.92 Å². The number of anilines is 1. The minimum atomic E-state index is -0.592. The van der Waals surface area contributed by atoms with Crippen LogP contribution in [0.25, 0.3) is 0 Å². The number of amides is 1. The molecule has 0 fully saturated rings. The van der Waals surface area contributed by atoms with Crippen LogP contribution < -0.4 is 14.8 Å². The van der Waals surface area contributed by atoms with E-state index in [2.05, 4.69) is 10.4 Å². The lowest BCUT2D eigenvalue weighted by Crippen LogP contribution is -2.14. The monoisotopic (exact) mass is 416 g/mol. The zero-order chi connectivity index (χ0) is 21.1. The number of rotatable bonds is 6. The number of hydrogen-bond donors (Lipinski definition) is 1. The van der Waals surface area contributed by atoms with Crippen LogP contribution in [0.4, 0.5) is 11.5 Å². The van der Waals surface area contributed by atoms with Crippen molar-refractivity contribution in [2.24, 2.45) is 7.05 Å². The van der Waals surface area contributed by atoms with Crippen LogP contribution in [0.3, 0.4) is 0 Å². The molecule has 29 heavy (non-hydrogen) atoms. The number of aryl methyl sites for hydroxylation is 2. The molecule has 0 aliphatic carbocycles. The van der Waals surface area contributed by atoms with Crippen molar-refractivity contribution in [2.75, 3.05) is 12.4 Å². The van der Waals surface area contributed by atoms with Crippen LogP contribution in [0.5, 0.6) is 17.2 Å². The Kier molecular flexibility index (Phi) is 5.69. The Labute approximate surface area is 171 Å². The number of nitro groups is 1. The van der Waals surface area contributed by atoms with Crippen LogP contribution in [-0.4, -0.2) is 27.7 Å². The van der Waals surface area contributed by atoms with Crippen LogP contribution in [0, 0.1) is 17.0 Å². The first-order valence-corrected chi connectivity index (χ1v) is 8.78. The van der Waals surface area contributed by atoms with Crippen molar-refractivity contribution < 1.29 is 19.2 Å². The first-order valence-electron chi connectivity index (χ1n) is 8.40. The van der Waals surface area contributed by atoms with Crippen LogP contribution in [0.15, 0.2) is 42.5 Å². The number of aromatic nitrogens is 2. The van der Waals surface area contributed by atoms with Gasteiger partial charge in [0.15, 0.2) is 11.5 Å². The summed E-state index contributed by atoms with van der Waals surface area (Å²) in [5.41, 5.74) is 0.806. The molecule has 0 radical (unpaired) electrons. The molecule has 0 saturated carbocycles. The average molecular weight is 417 g/mol. The molecule has 1 aromatic heterocycles. The summed E-state index contributed by atoms with van der Waals surface area (Å²) in [6.07, 6.45) is 0. The highest BCUT2D eigenvalue weighted by atomic mass is 35.5. The number of nitro benzene ring substituents is 1. The molecule has 0 atom stereocenters. The standard InChI is InChI=1S/C19H17ClN4O5/c1-11-8-18(23(2)22-11)21-19(25)12-4-6-16(17(9-12)28-3)29-15-7-5-13(20)10-14(15)24(26)27/h4-10H,1-3H3,(H,21,25). The van der Waals surface area contributed by atoms with E-state index < -0.39 is 4.92 Å². The van der Waals surface area contributed by atoms with Crippen molar-refractivity contribution in [1.82, 2.24) is 9.78 Å². The molecule has 3 rings (SSSR count). The van der Waals surface area contributed by atoms with Crippen molar-refractivity contribution in [1.29, 1.82) is 0 Å². The predicted molar refractivity (Wildman–Crippen MR) is 107 cm³/mol. The third kappa shape index (κ3) is 4.46. The Morgan fingerprint density at radius 1 is 1.17 bits per heavy atom. The molecule has 0 aliphatic heterocycles. The van der Waals surface area contributed by atoms with Gasteiger partial charge in [-0.15, -0.1) is 0 Å². The van der Waals surface area contributed by atoms with Gasteiger partial charge in [-0.2, -0.15) is 5.10 Å². The van der Waals surface area contributed by atoms with Gasteiger partial charge >= 0.3 is 5.69 Å². The van der Waals surface area contributed by atoms with Crippen molar-refractivity contribution in [3.8, 4) is 17.2 Å². The number of carbonyl (C=O) groups is 1. The van der Waals surface area contributed by atoms with Crippen LogP contribution >= 0.6 is 11.6 Å². The maximum Gasteiger partial charge on any atom is 0.313 e. The fourth-order valence-corrected chi connectivity index (χ4v) is 2.81. The first-order chi connectivity index (χ1) is 13.8. The van der Waals surface area contributed by atoms with E-state index in [1.54, 1.807) is 17.8 Å². The molecular weight excluding hydrogens is 400 g/mol. The summed E-state index contributed by atoms with van der Waals surface area (Å²) < 4.78 is 12.5. The van der Waals surface area contributed by atoms with Crippen molar-refractivity contribution in [3.63, 3.8) is 0 Å². The lowest BCUT2D eigenvalue weighted by molar-refractivity contribution is -0.385. The van der Waals surface area contributed by atoms with Crippen LogP contribution in [0.1, 0.15) is 16.1 Å². The molecule has 1 amide bonds. The number of benzene rings is 2. The quantitative estimate of drug-likeness (QED) is 0.472. The average Bonchev–Trinajstić information content (AvgIpc) is 2.99. The van der Waals surface area contributed by atoms with Crippen LogP contribution in [0.2, 0.25) is 5.02 Å². The molecule has 0 spiro atoms. The normalized spacial score (nSPS) is 10.5. The Morgan fingerprint density at radius 2 is 1.90 bits per heavy atom. The van der Waals surface area contributed by atoms with Gasteiger partial charge in [-0.3, -0.25) is 19.6 Å². The molecule has 0 unspecified atom stereocenters. The maximum atomic E-state index is 12.5. The third-order valence-electron chi connectivity index (χ3n) is 4.01. The first kappa shape index (κ1) is 20.2. The Morgan fingerprint density at radius 3 is 2.52 bits per heavy atom. The summed E-state index contributed by atoms with van der Waals surface area (Å²) in [7, 11) is 3.13. The number of ether oxygens (including phenoxy) is 2. The van der Waals surface area contributed by atoms with E-state index in [0.29, 0.717) is 11.4 Å². The number of nitrogens with one attached hydrogen (secondary N) is 1. The van der Waals surface area contributed by atoms with Gasteiger partial charge in [0.05, 0.1) is 17.7 Å². The van der Waals surface area contributed by atoms with Crippen molar-refractivity contribution >= 4 is 29.0 Å². The molecule has 10 heteroatoms. The number of methoxy groups -OCH3 is 1. The fraction of sp³-hybridized carbons (Fsp3) is 0.158. The summed E-state index contributed by atoms with van der Waals surface area (Å²) in [4.78, 5) is 23.2. The van der Waals surface area contributed by atoms with Gasteiger partial charge in [0.25, 0.3) is 5.91 Å². The van der Waals surface area contributed by atoms with Gasteiger partial charge in [0.2, 0.25) is 5.75 Å². The SMILES string of the molecule is COc1cc(C(=O)Nc2cc(C)nn2C)ccc1Oc1ccc(Cl)cc1[N+](=O)[O-]. The second kappa shape index (κ2) is 8.19. The van der Waals surface area contributed by atoms with E-state index in [0.717, 1.165) is 5.69 Å². The summed E-state index contributed by atoms with van der Waals surface area (Å²) in [6.45, 7) is 1.82. The molecule has 0 saturated heterocycles. The molecule has 0 bridgehead atoms. The Bertz CT molecular complexity index is 1100. The highest BCUT2D eigenvalue weighted by Gasteiger charge is 2.19. The van der Waals surface area contributed by atoms with Gasteiger partial charge < -0.3 is 14.8 Å². The van der Waals surface area contributed by atoms with Crippen LogP contribution in [-0.2, 0) is 7.05 Å². The molecule has 0 aliphatic rings. The second-order valence-corrected chi connectivity index (χ2v) is 6.52. The van der Waals surface area contributed by atoms with E-state index in [-0.39, 0.29) is 33.9 Å². The number of hydrogen-bond acceptors (Lipinski definition) is 6. The molecule has 2 aromatic carbocycles. The third-order valence-corrected chi connectivity index (χ3v) is 4.24. The van der Waals surface area contributed by atoms with E-state index in [9.17, 15) is 14.9 Å². The van der Waals surface area contributed by atoms with Crippen molar-refractivity contribution in [2.45, 2.75) is 6.92 Å². The largest absolute Gasteiger partial charge is 0.493 e. The topological polar surface area (TPSA) is 109 Å².